The van der Waals surface area contributed by atoms with Crippen molar-refractivity contribution < 1.29 is 19.4 Å². The molecule has 1 aliphatic rings. The molecule has 1 amide bonds. The number of carbonyl (C=O) groups excluding carboxylic acids is 1. The van der Waals surface area contributed by atoms with Crippen LogP contribution in [0.15, 0.2) is 35.7 Å². The van der Waals surface area contributed by atoms with E-state index in [4.69, 9.17) is 9.84 Å². The van der Waals surface area contributed by atoms with Gasteiger partial charge in [0.2, 0.25) is 0 Å². The van der Waals surface area contributed by atoms with Gasteiger partial charge >= 0.3 is 5.97 Å². The van der Waals surface area contributed by atoms with E-state index in [-0.39, 0.29) is 18.6 Å². The molecule has 1 saturated heterocycles. The Morgan fingerprint density at radius 1 is 1.33 bits per heavy atom. The lowest BCUT2D eigenvalue weighted by Crippen LogP contribution is -2.51. The quantitative estimate of drug-likeness (QED) is 0.916. The molecule has 7 heteroatoms. The Kier molecular flexibility index (Phi) is 4.92. The van der Waals surface area contributed by atoms with Gasteiger partial charge in [0.25, 0.3) is 5.91 Å². The summed E-state index contributed by atoms with van der Waals surface area (Å²) in [7, 11) is 0. The number of benzene rings is 1. The Hall–Kier alpha value is -2.25. The molecule has 126 valence electrons. The van der Waals surface area contributed by atoms with E-state index in [2.05, 4.69) is 4.98 Å². The molecule has 2 atom stereocenters. The van der Waals surface area contributed by atoms with E-state index in [1.54, 1.807) is 12.3 Å². The predicted molar refractivity (Wildman–Crippen MR) is 89.2 cm³/mol. The Balaban J connectivity index is 1.70. The number of carboxylic acid groups (broad SMARTS) is 1. The molecule has 2 heterocycles. The second kappa shape index (κ2) is 7.11. The van der Waals surface area contributed by atoms with E-state index in [0.29, 0.717) is 18.7 Å². The lowest BCUT2D eigenvalue weighted by Gasteiger charge is -2.34. The van der Waals surface area contributed by atoms with E-state index < -0.39 is 12.1 Å². The van der Waals surface area contributed by atoms with Crippen LogP contribution < -0.4 is 0 Å². The van der Waals surface area contributed by atoms with Crippen LogP contribution in [0, 0.1) is 0 Å². The number of hydrogen-bond acceptors (Lipinski definition) is 5. The first-order valence-corrected chi connectivity index (χ1v) is 8.57. The van der Waals surface area contributed by atoms with Gasteiger partial charge in [-0.15, -0.1) is 11.3 Å². The zero-order valence-corrected chi connectivity index (χ0v) is 14.0. The zero-order valence-electron chi connectivity index (χ0n) is 13.2. The normalized spacial score (nSPS) is 20.8. The number of ether oxygens (including phenoxy) is 1. The molecule has 1 fully saturated rings. The van der Waals surface area contributed by atoms with Gasteiger partial charge in [0.05, 0.1) is 17.7 Å². The highest BCUT2D eigenvalue weighted by atomic mass is 32.1. The second-order valence-corrected chi connectivity index (χ2v) is 6.72. The molecule has 0 spiro atoms. The van der Waals surface area contributed by atoms with Gasteiger partial charge in [-0.25, -0.2) is 9.78 Å². The SMILES string of the molecule is C[C@@H]1CN(C(=O)c2csc(Cc3ccccc3)n2)CC(C(=O)O)O1. The van der Waals surface area contributed by atoms with Crippen molar-refractivity contribution in [3.8, 4) is 0 Å². The number of amides is 1. The van der Waals surface area contributed by atoms with Gasteiger partial charge in [-0.05, 0) is 12.5 Å². The van der Waals surface area contributed by atoms with E-state index >= 15 is 0 Å². The molecule has 3 rings (SSSR count). The Morgan fingerprint density at radius 2 is 2.08 bits per heavy atom. The molecule has 0 aliphatic carbocycles. The van der Waals surface area contributed by atoms with Gasteiger partial charge in [0.1, 0.15) is 5.69 Å². The fraction of sp³-hybridized carbons (Fsp3) is 0.353. The third-order valence-electron chi connectivity index (χ3n) is 3.79. The molecular formula is C17H18N2O4S. The molecule has 24 heavy (non-hydrogen) atoms. The smallest absolute Gasteiger partial charge is 0.334 e. The van der Waals surface area contributed by atoms with Crippen LogP contribution in [0.2, 0.25) is 0 Å². The van der Waals surface area contributed by atoms with E-state index in [9.17, 15) is 9.59 Å². The number of rotatable bonds is 4. The summed E-state index contributed by atoms with van der Waals surface area (Å²) < 4.78 is 5.34. The maximum Gasteiger partial charge on any atom is 0.334 e. The van der Waals surface area contributed by atoms with E-state index in [1.807, 2.05) is 30.3 Å². The lowest BCUT2D eigenvalue weighted by atomic mass is 10.2. The van der Waals surface area contributed by atoms with Crippen LogP contribution in [0.1, 0.15) is 28.0 Å². The maximum atomic E-state index is 12.6. The number of aromatic nitrogens is 1. The predicted octanol–water partition coefficient (Wildman–Crippen LogP) is 2.05. The van der Waals surface area contributed by atoms with Crippen molar-refractivity contribution in [3.63, 3.8) is 0 Å². The van der Waals surface area contributed by atoms with Crippen LogP contribution in [-0.4, -0.2) is 52.2 Å². The van der Waals surface area contributed by atoms with Crippen LogP contribution in [0.25, 0.3) is 0 Å². The van der Waals surface area contributed by atoms with Gasteiger partial charge in [-0.2, -0.15) is 0 Å². The number of nitrogens with zero attached hydrogens (tertiary/aromatic N) is 2. The number of hydrogen-bond donors (Lipinski definition) is 1. The summed E-state index contributed by atoms with van der Waals surface area (Å²) in [4.78, 5) is 29.7. The number of carboxylic acids is 1. The van der Waals surface area contributed by atoms with Crippen molar-refractivity contribution in [3.05, 3.63) is 52.0 Å². The highest BCUT2D eigenvalue weighted by molar-refractivity contribution is 7.09. The van der Waals surface area contributed by atoms with E-state index in [0.717, 1.165) is 10.6 Å². The summed E-state index contributed by atoms with van der Waals surface area (Å²) in [6.45, 7) is 2.18. The first kappa shape index (κ1) is 16.6. The van der Waals surface area contributed by atoms with Crippen molar-refractivity contribution in [2.24, 2.45) is 0 Å². The summed E-state index contributed by atoms with van der Waals surface area (Å²) >= 11 is 1.44. The Labute approximate surface area is 143 Å². The Bertz CT molecular complexity index is 731. The molecule has 1 aromatic carbocycles. The lowest BCUT2D eigenvalue weighted by molar-refractivity contribution is -0.160. The topological polar surface area (TPSA) is 79.7 Å². The summed E-state index contributed by atoms with van der Waals surface area (Å²) in [6.07, 6.45) is -0.623. The second-order valence-electron chi connectivity index (χ2n) is 5.77. The molecule has 6 nitrogen and oxygen atoms in total. The van der Waals surface area contributed by atoms with Crippen LogP contribution in [0.4, 0.5) is 0 Å². The molecule has 0 bridgehead atoms. The van der Waals surface area contributed by atoms with Crippen LogP contribution >= 0.6 is 11.3 Å². The highest BCUT2D eigenvalue weighted by Gasteiger charge is 2.33. The third-order valence-corrected chi connectivity index (χ3v) is 4.64. The van der Waals surface area contributed by atoms with Gasteiger partial charge in [0, 0.05) is 18.3 Å². The fourth-order valence-corrected chi connectivity index (χ4v) is 3.48. The van der Waals surface area contributed by atoms with E-state index in [1.165, 1.54) is 16.2 Å². The fourth-order valence-electron chi connectivity index (χ4n) is 2.68. The first-order chi connectivity index (χ1) is 11.5. The Morgan fingerprint density at radius 3 is 2.79 bits per heavy atom. The molecule has 1 aromatic heterocycles. The number of aliphatic carboxylic acids is 1. The van der Waals surface area contributed by atoms with Gasteiger partial charge < -0.3 is 14.7 Å². The summed E-state index contributed by atoms with van der Waals surface area (Å²) in [6, 6.07) is 9.93. The molecule has 0 saturated carbocycles. The molecule has 1 N–H and O–H groups in total. The van der Waals surface area contributed by atoms with Gasteiger partial charge in [-0.3, -0.25) is 4.79 Å². The minimum Gasteiger partial charge on any atom is -0.479 e. The monoisotopic (exact) mass is 346 g/mol. The van der Waals surface area contributed by atoms with Crippen molar-refractivity contribution >= 4 is 23.2 Å². The first-order valence-electron chi connectivity index (χ1n) is 7.69. The average molecular weight is 346 g/mol. The minimum atomic E-state index is -1.05. The van der Waals surface area contributed by atoms with Crippen molar-refractivity contribution in [1.29, 1.82) is 0 Å². The molecule has 1 unspecified atom stereocenters. The van der Waals surface area contributed by atoms with Crippen molar-refractivity contribution in [2.45, 2.75) is 25.6 Å². The third kappa shape index (κ3) is 3.80. The summed E-state index contributed by atoms with van der Waals surface area (Å²) in [5.41, 5.74) is 1.50. The average Bonchev–Trinajstić information content (AvgIpc) is 3.03. The summed E-state index contributed by atoms with van der Waals surface area (Å²) in [5, 5.41) is 11.7. The highest BCUT2D eigenvalue weighted by Crippen LogP contribution is 2.19. The number of morpholine rings is 1. The van der Waals surface area contributed by atoms with Crippen LogP contribution in [-0.2, 0) is 16.0 Å². The minimum absolute atomic E-state index is 0.0457. The largest absolute Gasteiger partial charge is 0.479 e. The van der Waals surface area contributed by atoms with Gasteiger partial charge in [0.15, 0.2) is 6.10 Å². The van der Waals surface area contributed by atoms with Crippen LogP contribution in [0.3, 0.4) is 0 Å². The van der Waals surface area contributed by atoms with Crippen LogP contribution in [0.5, 0.6) is 0 Å². The molecule has 2 aromatic rings. The molecular weight excluding hydrogens is 328 g/mol. The van der Waals surface area contributed by atoms with Gasteiger partial charge in [-0.1, -0.05) is 30.3 Å². The molecule has 1 aliphatic heterocycles. The standard InChI is InChI=1S/C17H18N2O4S/c1-11-8-19(9-14(23-11)17(21)22)16(20)13-10-24-15(18-13)7-12-5-3-2-4-6-12/h2-6,10-11,14H,7-9H2,1H3,(H,21,22)/t11-,14?/m1/s1. The zero-order chi connectivity index (χ0) is 17.1. The number of thiazole rings is 1. The van der Waals surface area contributed by atoms with Crippen molar-refractivity contribution in [2.75, 3.05) is 13.1 Å². The summed E-state index contributed by atoms with van der Waals surface area (Å²) in [5.74, 6) is -1.30. The number of carbonyl (C=O) groups is 2. The van der Waals surface area contributed by atoms with Crippen molar-refractivity contribution in [1.82, 2.24) is 9.88 Å². The molecule has 0 radical (unpaired) electrons. The maximum absolute atomic E-state index is 12.6.